The van der Waals surface area contributed by atoms with Crippen LogP contribution in [-0.2, 0) is 0 Å². The van der Waals surface area contributed by atoms with Crippen molar-refractivity contribution in [3.63, 3.8) is 0 Å². The van der Waals surface area contributed by atoms with E-state index in [1.807, 2.05) is 42.5 Å². The van der Waals surface area contributed by atoms with Gasteiger partial charge in [0.05, 0.1) is 5.56 Å². The lowest BCUT2D eigenvalue weighted by Crippen LogP contribution is -2.02. The van der Waals surface area contributed by atoms with E-state index in [4.69, 9.17) is 5.11 Å². The normalized spacial score (nSPS) is 10.3. The van der Waals surface area contributed by atoms with Gasteiger partial charge in [0, 0.05) is 11.1 Å². The van der Waals surface area contributed by atoms with E-state index in [0.29, 0.717) is 11.1 Å². The van der Waals surface area contributed by atoms with Gasteiger partial charge in [0.1, 0.15) is 0 Å². The first kappa shape index (κ1) is 14.7. The van der Waals surface area contributed by atoms with Gasteiger partial charge in [0.25, 0.3) is 0 Å². The molecular weight excluding hydrogens is 288 g/mol. The quantitative estimate of drug-likeness (QED) is 0.732. The Balaban J connectivity index is 1.84. The summed E-state index contributed by atoms with van der Waals surface area (Å²) >= 11 is 0. The molecule has 3 aromatic rings. The minimum atomic E-state index is -1.00. The van der Waals surface area contributed by atoms with Gasteiger partial charge in [0.15, 0.2) is 5.78 Å². The van der Waals surface area contributed by atoms with Crippen molar-refractivity contribution in [2.75, 3.05) is 0 Å². The fraction of sp³-hybridized carbons (Fsp3) is 0. The fourth-order valence-corrected chi connectivity index (χ4v) is 2.38. The monoisotopic (exact) mass is 302 g/mol. The highest BCUT2D eigenvalue weighted by Gasteiger charge is 2.10. The summed E-state index contributed by atoms with van der Waals surface area (Å²) in [5.41, 5.74) is 3.36. The van der Waals surface area contributed by atoms with Gasteiger partial charge in [-0.2, -0.15) is 0 Å². The molecule has 0 aromatic heterocycles. The van der Waals surface area contributed by atoms with Crippen LogP contribution in [0.15, 0.2) is 78.9 Å². The van der Waals surface area contributed by atoms with Gasteiger partial charge >= 0.3 is 5.97 Å². The molecule has 0 amide bonds. The van der Waals surface area contributed by atoms with Crippen LogP contribution in [-0.4, -0.2) is 16.9 Å². The second kappa shape index (κ2) is 6.28. The molecule has 23 heavy (non-hydrogen) atoms. The number of carboxylic acid groups (broad SMARTS) is 1. The lowest BCUT2D eigenvalue weighted by molar-refractivity contribution is 0.0696. The molecule has 0 unspecified atom stereocenters. The molecule has 0 aliphatic rings. The van der Waals surface area contributed by atoms with E-state index < -0.39 is 5.97 Å². The molecule has 0 aliphatic heterocycles. The summed E-state index contributed by atoms with van der Waals surface area (Å²) in [5.74, 6) is -1.13. The smallest absolute Gasteiger partial charge is 0.335 e. The second-order valence-electron chi connectivity index (χ2n) is 5.16. The standard InChI is InChI=1S/C20H14O3/c21-19(17-10-12-18(13-11-17)20(22)23)16-8-6-15(7-9-16)14-4-2-1-3-5-14/h1-13H,(H,22,23). The average Bonchev–Trinajstić information content (AvgIpc) is 2.62. The van der Waals surface area contributed by atoms with Gasteiger partial charge in [-0.25, -0.2) is 4.79 Å². The number of hydrogen-bond donors (Lipinski definition) is 1. The number of hydrogen-bond acceptors (Lipinski definition) is 2. The van der Waals surface area contributed by atoms with Crippen molar-refractivity contribution >= 4 is 11.8 Å². The number of carbonyl (C=O) groups excluding carboxylic acids is 1. The maximum atomic E-state index is 12.4. The Morgan fingerprint density at radius 1 is 0.565 bits per heavy atom. The lowest BCUT2D eigenvalue weighted by atomic mass is 9.99. The molecule has 0 saturated carbocycles. The van der Waals surface area contributed by atoms with Crippen molar-refractivity contribution in [1.82, 2.24) is 0 Å². The first-order chi connectivity index (χ1) is 11.1. The third-order valence-corrected chi connectivity index (χ3v) is 3.65. The molecule has 0 heterocycles. The molecule has 112 valence electrons. The van der Waals surface area contributed by atoms with Crippen molar-refractivity contribution < 1.29 is 14.7 Å². The van der Waals surface area contributed by atoms with Gasteiger partial charge in [0.2, 0.25) is 0 Å². The summed E-state index contributed by atoms with van der Waals surface area (Å²) in [7, 11) is 0. The Labute approximate surface area is 133 Å². The van der Waals surface area contributed by atoms with E-state index in [2.05, 4.69) is 0 Å². The summed E-state index contributed by atoms with van der Waals surface area (Å²) in [6.07, 6.45) is 0. The van der Waals surface area contributed by atoms with Crippen LogP contribution in [0.4, 0.5) is 0 Å². The Kier molecular flexibility index (Phi) is 4.02. The summed E-state index contributed by atoms with van der Waals surface area (Å²) < 4.78 is 0. The van der Waals surface area contributed by atoms with Gasteiger partial charge in [-0.1, -0.05) is 66.7 Å². The summed E-state index contributed by atoms with van der Waals surface area (Å²) in [6, 6.07) is 23.3. The second-order valence-corrected chi connectivity index (χ2v) is 5.16. The van der Waals surface area contributed by atoms with Gasteiger partial charge < -0.3 is 5.11 Å². The Morgan fingerprint density at radius 3 is 1.52 bits per heavy atom. The molecule has 3 nitrogen and oxygen atoms in total. The molecule has 0 bridgehead atoms. The summed E-state index contributed by atoms with van der Waals surface area (Å²) in [5, 5.41) is 8.89. The van der Waals surface area contributed by atoms with E-state index in [1.165, 1.54) is 24.3 Å². The zero-order chi connectivity index (χ0) is 16.2. The number of rotatable bonds is 4. The largest absolute Gasteiger partial charge is 0.478 e. The molecule has 3 aromatic carbocycles. The fourth-order valence-electron chi connectivity index (χ4n) is 2.38. The zero-order valence-electron chi connectivity index (χ0n) is 12.3. The van der Waals surface area contributed by atoms with Gasteiger partial charge in [-0.05, 0) is 23.3 Å². The van der Waals surface area contributed by atoms with E-state index >= 15 is 0 Å². The number of carbonyl (C=O) groups is 2. The number of aromatic carboxylic acids is 1. The lowest BCUT2D eigenvalue weighted by Gasteiger charge is -2.05. The zero-order valence-corrected chi connectivity index (χ0v) is 12.3. The molecule has 0 aliphatic carbocycles. The van der Waals surface area contributed by atoms with Crippen LogP contribution in [0.1, 0.15) is 26.3 Å². The maximum Gasteiger partial charge on any atom is 0.335 e. The first-order valence-corrected chi connectivity index (χ1v) is 7.19. The predicted octanol–water partition coefficient (Wildman–Crippen LogP) is 4.28. The van der Waals surface area contributed by atoms with E-state index in [-0.39, 0.29) is 11.3 Å². The maximum absolute atomic E-state index is 12.4. The van der Waals surface area contributed by atoms with E-state index in [1.54, 1.807) is 12.1 Å². The van der Waals surface area contributed by atoms with Crippen molar-refractivity contribution in [2.45, 2.75) is 0 Å². The predicted molar refractivity (Wildman–Crippen MR) is 88.7 cm³/mol. The third kappa shape index (κ3) is 3.19. The van der Waals surface area contributed by atoms with Crippen molar-refractivity contribution in [3.05, 3.63) is 95.6 Å². The first-order valence-electron chi connectivity index (χ1n) is 7.19. The molecule has 0 radical (unpaired) electrons. The van der Waals surface area contributed by atoms with Crippen LogP contribution in [0.25, 0.3) is 11.1 Å². The topological polar surface area (TPSA) is 54.4 Å². The van der Waals surface area contributed by atoms with Gasteiger partial charge in [-0.15, -0.1) is 0 Å². The molecule has 3 rings (SSSR count). The highest BCUT2D eigenvalue weighted by molar-refractivity contribution is 6.09. The minimum absolute atomic E-state index is 0.124. The molecule has 0 atom stereocenters. The third-order valence-electron chi connectivity index (χ3n) is 3.65. The van der Waals surface area contributed by atoms with Crippen LogP contribution in [0.5, 0.6) is 0 Å². The Morgan fingerprint density at radius 2 is 1.00 bits per heavy atom. The SMILES string of the molecule is O=C(O)c1ccc(C(=O)c2ccc(-c3ccccc3)cc2)cc1. The molecule has 0 saturated heterocycles. The highest BCUT2D eigenvalue weighted by Crippen LogP contribution is 2.20. The van der Waals surface area contributed by atoms with Crippen LogP contribution in [0, 0.1) is 0 Å². The molecule has 0 spiro atoms. The van der Waals surface area contributed by atoms with E-state index in [9.17, 15) is 9.59 Å². The Hall–Kier alpha value is -3.20. The molecule has 1 N–H and O–H groups in total. The Bertz CT molecular complexity index is 832. The van der Waals surface area contributed by atoms with E-state index in [0.717, 1.165) is 11.1 Å². The molecule has 0 fully saturated rings. The number of ketones is 1. The average molecular weight is 302 g/mol. The van der Waals surface area contributed by atoms with Crippen molar-refractivity contribution in [2.24, 2.45) is 0 Å². The molecule has 3 heteroatoms. The van der Waals surface area contributed by atoms with Crippen LogP contribution >= 0.6 is 0 Å². The minimum Gasteiger partial charge on any atom is -0.478 e. The van der Waals surface area contributed by atoms with Crippen molar-refractivity contribution in [1.29, 1.82) is 0 Å². The summed E-state index contributed by atoms with van der Waals surface area (Å²) in [6.45, 7) is 0. The van der Waals surface area contributed by atoms with Crippen LogP contribution < -0.4 is 0 Å². The van der Waals surface area contributed by atoms with Crippen LogP contribution in [0.2, 0.25) is 0 Å². The van der Waals surface area contributed by atoms with Crippen molar-refractivity contribution in [3.8, 4) is 11.1 Å². The highest BCUT2D eigenvalue weighted by atomic mass is 16.4. The van der Waals surface area contributed by atoms with Gasteiger partial charge in [-0.3, -0.25) is 4.79 Å². The molecular formula is C20H14O3. The van der Waals surface area contributed by atoms with Crippen LogP contribution in [0.3, 0.4) is 0 Å². The number of benzene rings is 3. The summed E-state index contributed by atoms with van der Waals surface area (Å²) in [4.78, 5) is 23.3. The number of carboxylic acids is 1.